The lowest BCUT2D eigenvalue weighted by Crippen LogP contribution is -2.27. The van der Waals surface area contributed by atoms with Crippen molar-refractivity contribution in [3.8, 4) is 11.5 Å². The van der Waals surface area contributed by atoms with Gasteiger partial charge < -0.3 is 4.74 Å². The van der Waals surface area contributed by atoms with Crippen molar-refractivity contribution in [3.63, 3.8) is 0 Å². The summed E-state index contributed by atoms with van der Waals surface area (Å²) in [5, 5.41) is 0.752. The highest BCUT2D eigenvalue weighted by molar-refractivity contribution is 8.00. The van der Waals surface area contributed by atoms with Gasteiger partial charge in [-0.2, -0.15) is 0 Å². The molecule has 27 heavy (non-hydrogen) atoms. The zero-order chi connectivity index (χ0) is 18.8. The first-order chi connectivity index (χ1) is 13.1. The van der Waals surface area contributed by atoms with Crippen molar-refractivity contribution < 1.29 is 9.53 Å². The van der Waals surface area contributed by atoms with Crippen molar-refractivity contribution in [1.29, 1.82) is 0 Å². The van der Waals surface area contributed by atoms with Crippen LogP contribution in [0.2, 0.25) is 10.0 Å². The number of hydrogen-bond donors (Lipinski definition) is 0. The number of hydrogen-bond acceptors (Lipinski definition) is 3. The maximum absolute atomic E-state index is 12.5. The van der Waals surface area contributed by atoms with Gasteiger partial charge in [0.1, 0.15) is 16.9 Å². The first kappa shape index (κ1) is 18.2. The summed E-state index contributed by atoms with van der Waals surface area (Å²) in [5.74, 6) is 1.95. The van der Waals surface area contributed by atoms with Crippen molar-refractivity contribution in [1.82, 2.24) is 0 Å². The van der Waals surface area contributed by atoms with Gasteiger partial charge in [0, 0.05) is 5.69 Å². The molecule has 3 aromatic carbocycles. The van der Waals surface area contributed by atoms with E-state index in [0.717, 1.165) is 22.7 Å². The summed E-state index contributed by atoms with van der Waals surface area (Å²) in [5.41, 5.74) is 1.73. The van der Waals surface area contributed by atoms with Crippen LogP contribution in [0.4, 0.5) is 5.69 Å². The van der Waals surface area contributed by atoms with Crippen molar-refractivity contribution in [3.05, 3.63) is 88.4 Å². The van der Waals surface area contributed by atoms with Gasteiger partial charge in [-0.3, -0.25) is 9.69 Å². The minimum atomic E-state index is -0.144. The third-order valence-corrected chi connectivity index (χ3v) is 6.12. The molecule has 1 aliphatic heterocycles. The van der Waals surface area contributed by atoms with E-state index in [1.54, 1.807) is 28.8 Å². The minimum absolute atomic E-state index is 0.0396. The molecule has 0 aromatic heterocycles. The van der Waals surface area contributed by atoms with Crippen molar-refractivity contribution in [2.75, 3.05) is 10.7 Å². The molecule has 0 N–H and O–H groups in total. The van der Waals surface area contributed by atoms with Gasteiger partial charge in [0.15, 0.2) is 0 Å². The summed E-state index contributed by atoms with van der Waals surface area (Å²) in [6.07, 6.45) is 0. The average Bonchev–Trinajstić information content (AvgIpc) is 3.07. The minimum Gasteiger partial charge on any atom is -0.457 e. The maximum atomic E-state index is 12.5. The van der Waals surface area contributed by atoms with Crippen LogP contribution in [0.3, 0.4) is 0 Å². The summed E-state index contributed by atoms with van der Waals surface area (Å²) >= 11 is 13.7. The molecule has 136 valence electrons. The molecule has 0 spiro atoms. The Labute approximate surface area is 171 Å². The zero-order valence-corrected chi connectivity index (χ0v) is 16.5. The molecular weight excluding hydrogens is 401 g/mol. The SMILES string of the molecule is O=C1CS[C@@H](c2cccc(Oc3ccccc3)c2)N1c1ccc(Cl)c(Cl)c1. The molecule has 1 aliphatic rings. The number of anilines is 1. The smallest absolute Gasteiger partial charge is 0.238 e. The second-order valence-electron chi connectivity index (χ2n) is 6.01. The van der Waals surface area contributed by atoms with Gasteiger partial charge in [-0.15, -0.1) is 11.8 Å². The standard InChI is InChI=1S/C21H15Cl2NO2S/c22-18-10-9-15(12-19(18)23)24-20(25)13-27-21(24)14-5-4-8-17(11-14)26-16-6-2-1-3-7-16/h1-12,21H,13H2/t21-/m0/s1. The molecular formula is C21H15Cl2NO2S. The molecule has 1 fully saturated rings. The van der Waals surface area contributed by atoms with Crippen LogP contribution in [0.15, 0.2) is 72.8 Å². The summed E-state index contributed by atoms with van der Waals surface area (Å²) in [7, 11) is 0. The van der Waals surface area contributed by atoms with E-state index in [1.165, 1.54) is 0 Å². The molecule has 1 saturated heterocycles. The van der Waals surface area contributed by atoms with Gasteiger partial charge in [0.25, 0.3) is 0 Å². The molecule has 3 aromatic rings. The number of thioether (sulfide) groups is 1. The van der Waals surface area contributed by atoms with E-state index in [9.17, 15) is 4.79 Å². The number of amides is 1. The van der Waals surface area contributed by atoms with Crippen LogP contribution in [0.25, 0.3) is 0 Å². The predicted octanol–water partition coefficient (Wildman–Crippen LogP) is 6.56. The number of carbonyl (C=O) groups excluding carboxylic acids is 1. The van der Waals surface area contributed by atoms with Gasteiger partial charge in [0.05, 0.1) is 15.8 Å². The number of para-hydroxylation sites is 1. The Balaban J connectivity index is 1.64. The molecule has 0 unspecified atom stereocenters. The van der Waals surface area contributed by atoms with Gasteiger partial charge in [0.2, 0.25) is 5.91 Å². The molecule has 1 atom stereocenters. The second kappa shape index (κ2) is 7.85. The van der Waals surface area contributed by atoms with E-state index < -0.39 is 0 Å². The second-order valence-corrected chi connectivity index (χ2v) is 7.90. The number of ether oxygens (including phenoxy) is 1. The Kier molecular flexibility index (Phi) is 5.30. The van der Waals surface area contributed by atoms with Gasteiger partial charge >= 0.3 is 0 Å². The highest BCUT2D eigenvalue weighted by Crippen LogP contribution is 2.43. The Hall–Kier alpha value is -2.14. The van der Waals surface area contributed by atoms with Crippen LogP contribution in [0, 0.1) is 0 Å². The van der Waals surface area contributed by atoms with Crippen LogP contribution in [-0.4, -0.2) is 11.7 Å². The zero-order valence-electron chi connectivity index (χ0n) is 14.1. The molecule has 3 nitrogen and oxygen atoms in total. The van der Waals surface area contributed by atoms with Crippen LogP contribution in [0.5, 0.6) is 11.5 Å². The molecule has 0 bridgehead atoms. The van der Waals surface area contributed by atoms with Crippen molar-refractivity contribution in [2.45, 2.75) is 5.37 Å². The molecule has 6 heteroatoms. The summed E-state index contributed by atoms with van der Waals surface area (Å²) < 4.78 is 5.93. The number of nitrogens with zero attached hydrogens (tertiary/aromatic N) is 1. The van der Waals surface area contributed by atoms with Crippen LogP contribution in [0.1, 0.15) is 10.9 Å². The monoisotopic (exact) mass is 415 g/mol. The van der Waals surface area contributed by atoms with E-state index in [2.05, 4.69) is 0 Å². The Morgan fingerprint density at radius 1 is 0.889 bits per heavy atom. The van der Waals surface area contributed by atoms with Gasteiger partial charge in [-0.1, -0.05) is 53.5 Å². The van der Waals surface area contributed by atoms with E-state index >= 15 is 0 Å². The normalized spacial score (nSPS) is 16.6. The Morgan fingerprint density at radius 2 is 1.67 bits per heavy atom. The quantitative estimate of drug-likeness (QED) is 0.482. The highest BCUT2D eigenvalue weighted by Gasteiger charge is 2.34. The fourth-order valence-electron chi connectivity index (χ4n) is 2.94. The first-order valence-corrected chi connectivity index (χ1v) is 10.1. The van der Waals surface area contributed by atoms with Crippen molar-refractivity contribution in [2.24, 2.45) is 0 Å². The molecule has 1 heterocycles. The molecule has 0 saturated carbocycles. The van der Waals surface area contributed by atoms with Crippen LogP contribution in [-0.2, 0) is 4.79 Å². The fraction of sp³-hybridized carbons (Fsp3) is 0.0952. The highest BCUT2D eigenvalue weighted by atomic mass is 35.5. The molecule has 1 amide bonds. The maximum Gasteiger partial charge on any atom is 0.238 e. The fourth-order valence-corrected chi connectivity index (χ4v) is 4.40. The predicted molar refractivity (Wildman–Crippen MR) is 112 cm³/mol. The third kappa shape index (κ3) is 3.93. The third-order valence-electron chi connectivity index (χ3n) is 4.17. The number of rotatable bonds is 4. The van der Waals surface area contributed by atoms with Gasteiger partial charge in [-0.05, 0) is 48.0 Å². The molecule has 4 rings (SSSR count). The Morgan fingerprint density at radius 3 is 2.44 bits per heavy atom. The lowest BCUT2D eigenvalue weighted by molar-refractivity contribution is -0.115. The summed E-state index contributed by atoms with van der Waals surface area (Å²) in [4.78, 5) is 14.3. The van der Waals surface area contributed by atoms with E-state index in [1.807, 2.05) is 60.7 Å². The number of carbonyl (C=O) groups is 1. The largest absolute Gasteiger partial charge is 0.457 e. The Bertz CT molecular complexity index is 981. The van der Waals surface area contributed by atoms with E-state index in [-0.39, 0.29) is 11.3 Å². The number of benzene rings is 3. The average molecular weight is 416 g/mol. The van der Waals surface area contributed by atoms with E-state index in [4.69, 9.17) is 27.9 Å². The van der Waals surface area contributed by atoms with Gasteiger partial charge in [-0.25, -0.2) is 0 Å². The summed E-state index contributed by atoms with van der Waals surface area (Å²) in [6.45, 7) is 0. The van der Waals surface area contributed by atoms with Crippen LogP contribution < -0.4 is 9.64 Å². The molecule has 0 radical (unpaired) electrons. The molecule has 0 aliphatic carbocycles. The lowest BCUT2D eigenvalue weighted by Gasteiger charge is -2.25. The number of halogens is 2. The van der Waals surface area contributed by atoms with Crippen molar-refractivity contribution >= 4 is 46.6 Å². The van der Waals surface area contributed by atoms with E-state index in [0.29, 0.717) is 15.8 Å². The first-order valence-electron chi connectivity index (χ1n) is 8.33. The lowest BCUT2D eigenvalue weighted by atomic mass is 10.1. The summed E-state index contributed by atoms with van der Waals surface area (Å²) in [6, 6.07) is 22.7. The topological polar surface area (TPSA) is 29.5 Å². The van der Waals surface area contributed by atoms with Crippen LogP contribution >= 0.6 is 35.0 Å².